The zero-order valence-electron chi connectivity index (χ0n) is 10.9. The molecule has 94 valence electrons. The minimum absolute atomic E-state index is 0.725. The van der Waals surface area contributed by atoms with Crippen LogP contribution in [0.1, 0.15) is 25.0 Å². The van der Waals surface area contributed by atoms with Gasteiger partial charge in [0, 0.05) is 18.3 Å². The molecule has 1 aromatic rings. The van der Waals surface area contributed by atoms with Crippen LogP contribution in [0.15, 0.2) is 18.2 Å². The van der Waals surface area contributed by atoms with Gasteiger partial charge in [0.25, 0.3) is 0 Å². The summed E-state index contributed by atoms with van der Waals surface area (Å²) in [5, 5.41) is 0. The Kier molecular flexibility index (Phi) is 4.37. The molecule has 2 heterocycles. The summed E-state index contributed by atoms with van der Waals surface area (Å²) in [6.45, 7) is 2.50. The molecule has 0 radical (unpaired) electrons. The quantitative estimate of drug-likeness (QED) is 0.799. The van der Waals surface area contributed by atoms with Gasteiger partial charge < -0.3 is 9.64 Å². The van der Waals surface area contributed by atoms with Crippen molar-refractivity contribution in [2.24, 2.45) is 5.92 Å². The smallest absolute Gasteiger partial charge is 0.213 e. The minimum Gasteiger partial charge on any atom is -0.481 e. The van der Waals surface area contributed by atoms with E-state index < -0.39 is 0 Å². The summed E-state index contributed by atoms with van der Waals surface area (Å²) in [5.41, 5.74) is 1.15. The Bertz CT molecular complexity index is 354. The SMILES string of the molecule is COc1cccc(CCC2CCCN(C)C2)n1. The van der Waals surface area contributed by atoms with Crippen LogP contribution in [0.2, 0.25) is 0 Å². The van der Waals surface area contributed by atoms with Crippen molar-refractivity contribution < 1.29 is 4.74 Å². The number of aryl methyl sites for hydroxylation is 1. The summed E-state index contributed by atoms with van der Waals surface area (Å²) >= 11 is 0. The number of aromatic nitrogens is 1. The average molecular weight is 234 g/mol. The second-order valence-electron chi connectivity index (χ2n) is 4.98. The molecule has 0 amide bonds. The van der Waals surface area contributed by atoms with Crippen LogP contribution in [-0.2, 0) is 6.42 Å². The van der Waals surface area contributed by atoms with Gasteiger partial charge in [-0.3, -0.25) is 0 Å². The van der Waals surface area contributed by atoms with Crippen LogP contribution in [0.25, 0.3) is 0 Å². The van der Waals surface area contributed by atoms with E-state index in [1.54, 1.807) is 7.11 Å². The molecule has 1 unspecified atom stereocenters. The van der Waals surface area contributed by atoms with Gasteiger partial charge in [0.2, 0.25) is 5.88 Å². The van der Waals surface area contributed by atoms with E-state index in [1.165, 1.54) is 32.4 Å². The number of rotatable bonds is 4. The molecule has 3 heteroatoms. The van der Waals surface area contributed by atoms with E-state index in [2.05, 4.69) is 23.0 Å². The van der Waals surface area contributed by atoms with Crippen molar-refractivity contribution in [3.05, 3.63) is 23.9 Å². The van der Waals surface area contributed by atoms with E-state index in [0.29, 0.717) is 0 Å². The van der Waals surface area contributed by atoms with Gasteiger partial charge in [0.05, 0.1) is 7.11 Å². The Balaban J connectivity index is 1.84. The number of hydrogen-bond donors (Lipinski definition) is 0. The topological polar surface area (TPSA) is 25.4 Å². The molecule has 17 heavy (non-hydrogen) atoms. The summed E-state index contributed by atoms with van der Waals surface area (Å²) in [5.74, 6) is 1.56. The number of methoxy groups -OCH3 is 1. The van der Waals surface area contributed by atoms with Crippen molar-refractivity contribution >= 4 is 0 Å². The van der Waals surface area contributed by atoms with Crippen molar-refractivity contribution in [1.82, 2.24) is 9.88 Å². The Hall–Kier alpha value is -1.09. The molecule has 1 fully saturated rings. The predicted octanol–water partition coefficient (Wildman–Crippen LogP) is 2.36. The van der Waals surface area contributed by atoms with Gasteiger partial charge in [-0.05, 0) is 51.3 Å². The molecular weight excluding hydrogens is 212 g/mol. The highest BCUT2D eigenvalue weighted by Gasteiger charge is 2.16. The number of piperidine rings is 1. The molecule has 3 nitrogen and oxygen atoms in total. The molecule has 0 aromatic carbocycles. The molecule has 0 bridgehead atoms. The molecule has 1 saturated heterocycles. The van der Waals surface area contributed by atoms with Crippen molar-refractivity contribution in [3.63, 3.8) is 0 Å². The third-order valence-corrected chi connectivity index (χ3v) is 3.52. The van der Waals surface area contributed by atoms with Crippen LogP contribution in [-0.4, -0.2) is 37.1 Å². The lowest BCUT2D eigenvalue weighted by atomic mass is 9.93. The van der Waals surface area contributed by atoms with Gasteiger partial charge in [-0.15, -0.1) is 0 Å². The Morgan fingerprint density at radius 1 is 1.47 bits per heavy atom. The largest absolute Gasteiger partial charge is 0.481 e. The Morgan fingerprint density at radius 2 is 2.35 bits per heavy atom. The number of pyridine rings is 1. The van der Waals surface area contributed by atoms with Gasteiger partial charge in [0.15, 0.2) is 0 Å². The van der Waals surface area contributed by atoms with Crippen LogP contribution in [0.3, 0.4) is 0 Å². The van der Waals surface area contributed by atoms with Crippen molar-refractivity contribution in [1.29, 1.82) is 0 Å². The Morgan fingerprint density at radius 3 is 3.12 bits per heavy atom. The molecular formula is C14H22N2O. The van der Waals surface area contributed by atoms with Crippen LogP contribution >= 0.6 is 0 Å². The monoisotopic (exact) mass is 234 g/mol. The van der Waals surface area contributed by atoms with Gasteiger partial charge in [-0.2, -0.15) is 0 Å². The Labute approximate surface area is 104 Å². The zero-order chi connectivity index (χ0) is 12.1. The van der Waals surface area contributed by atoms with Crippen LogP contribution in [0.4, 0.5) is 0 Å². The van der Waals surface area contributed by atoms with E-state index in [0.717, 1.165) is 23.9 Å². The van der Waals surface area contributed by atoms with E-state index >= 15 is 0 Å². The normalized spacial score (nSPS) is 21.4. The molecule has 0 saturated carbocycles. The van der Waals surface area contributed by atoms with E-state index in [1.807, 2.05) is 12.1 Å². The van der Waals surface area contributed by atoms with Crippen molar-refractivity contribution in [2.45, 2.75) is 25.7 Å². The average Bonchev–Trinajstić information content (AvgIpc) is 2.37. The van der Waals surface area contributed by atoms with Gasteiger partial charge in [-0.25, -0.2) is 4.98 Å². The number of nitrogens with zero attached hydrogens (tertiary/aromatic N) is 2. The van der Waals surface area contributed by atoms with E-state index in [9.17, 15) is 0 Å². The second-order valence-corrected chi connectivity index (χ2v) is 4.98. The summed E-state index contributed by atoms with van der Waals surface area (Å²) < 4.78 is 5.14. The van der Waals surface area contributed by atoms with Crippen molar-refractivity contribution in [3.8, 4) is 5.88 Å². The lowest BCUT2D eigenvalue weighted by molar-refractivity contribution is 0.202. The standard InChI is InChI=1S/C14H22N2O/c1-16-10-4-5-12(11-16)8-9-13-6-3-7-14(15-13)17-2/h3,6-7,12H,4-5,8-11H2,1-2H3. The first-order valence-electron chi connectivity index (χ1n) is 6.46. The molecule has 2 rings (SSSR count). The second kappa shape index (κ2) is 6.01. The van der Waals surface area contributed by atoms with Gasteiger partial charge in [-0.1, -0.05) is 6.07 Å². The number of hydrogen-bond acceptors (Lipinski definition) is 3. The zero-order valence-corrected chi connectivity index (χ0v) is 10.9. The lowest BCUT2D eigenvalue weighted by Gasteiger charge is -2.29. The van der Waals surface area contributed by atoms with Crippen LogP contribution < -0.4 is 4.74 Å². The molecule has 0 aliphatic carbocycles. The summed E-state index contributed by atoms with van der Waals surface area (Å²) in [4.78, 5) is 6.90. The first-order valence-corrected chi connectivity index (χ1v) is 6.46. The maximum absolute atomic E-state index is 5.14. The fourth-order valence-corrected chi connectivity index (χ4v) is 2.57. The fourth-order valence-electron chi connectivity index (χ4n) is 2.57. The minimum atomic E-state index is 0.725. The molecule has 1 aliphatic rings. The maximum Gasteiger partial charge on any atom is 0.213 e. The first-order chi connectivity index (χ1) is 8.28. The number of ether oxygens (including phenoxy) is 1. The summed E-state index contributed by atoms with van der Waals surface area (Å²) in [6, 6.07) is 6.01. The van der Waals surface area contributed by atoms with E-state index in [-0.39, 0.29) is 0 Å². The summed E-state index contributed by atoms with van der Waals surface area (Å²) in [7, 11) is 3.89. The molecule has 1 aromatic heterocycles. The van der Waals surface area contributed by atoms with Crippen LogP contribution in [0, 0.1) is 5.92 Å². The van der Waals surface area contributed by atoms with Crippen molar-refractivity contribution in [2.75, 3.05) is 27.2 Å². The van der Waals surface area contributed by atoms with Gasteiger partial charge >= 0.3 is 0 Å². The van der Waals surface area contributed by atoms with E-state index in [4.69, 9.17) is 4.74 Å². The van der Waals surface area contributed by atoms with Crippen LogP contribution in [0.5, 0.6) is 5.88 Å². The van der Waals surface area contributed by atoms with Gasteiger partial charge in [0.1, 0.15) is 0 Å². The summed E-state index contributed by atoms with van der Waals surface area (Å²) in [6.07, 6.45) is 5.02. The number of likely N-dealkylation sites (tertiary alicyclic amines) is 1. The molecule has 0 spiro atoms. The lowest BCUT2D eigenvalue weighted by Crippen LogP contribution is -2.32. The third kappa shape index (κ3) is 3.70. The predicted molar refractivity (Wildman–Crippen MR) is 69.3 cm³/mol. The first kappa shape index (κ1) is 12.4. The maximum atomic E-state index is 5.14. The highest BCUT2D eigenvalue weighted by molar-refractivity contribution is 5.15. The fraction of sp³-hybridized carbons (Fsp3) is 0.643. The highest BCUT2D eigenvalue weighted by Crippen LogP contribution is 2.20. The highest BCUT2D eigenvalue weighted by atomic mass is 16.5. The molecule has 1 aliphatic heterocycles. The molecule has 1 atom stereocenters. The third-order valence-electron chi connectivity index (χ3n) is 3.52. The molecule has 0 N–H and O–H groups in total.